The average molecular weight is 296 g/mol. The number of thiophene rings is 1. The van der Waals surface area contributed by atoms with E-state index in [2.05, 4.69) is 5.32 Å². The van der Waals surface area contributed by atoms with E-state index in [4.69, 9.17) is 5.11 Å². The van der Waals surface area contributed by atoms with E-state index in [1.54, 1.807) is 11.0 Å². The molecule has 5 nitrogen and oxygen atoms in total. The Labute approximate surface area is 122 Å². The number of nitrogens with one attached hydrogen (secondary N) is 1. The van der Waals surface area contributed by atoms with E-state index in [9.17, 15) is 9.59 Å². The number of amides is 2. The van der Waals surface area contributed by atoms with E-state index in [1.807, 2.05) is 11.4 Å². The summed E-state index contributed by atoms with van der Waals surface area (Å²) in [6.45, 7) is 1.89. The molecular formula is C14H20N2O3S. The highest BCUT2D eigenvalue weighted by atomic mass is 32.1. The van der Waals surface area contributed by atoms with Crippen molar-refractivity contribution < 1.29 is 14.7 Å². The van der Waals surface area contributed by atoms with E-state index >= 15 is 0 Å². The minimum absolute atomic E-state index is 0.0506. The molecule has 0 spiro atoms. The lowest BCUT2D eigenvalue weighted by molar-refractivity contribution is -0.133. The van der Waals surface area contributed by atoms with Crippen LogP contribution < -0.4 is 5.32 Å². The third-order valence-electron chi connectivity index (χ3n) is 3.50. The zero-order valence-corrected chi connectivity index (χ0v) is 12.2. The summed E-state index contributed by atoms with van der Waals surface area (Å²) >= 11 is 1.39. The quantitative estimate of drug-likeness (QED) is 0.855. The second kappa shape index (κ2) is 7.40. The number of carbonyl (C=O) groups excluding carboxylic acids is 2. The summed E-state index contributed by atoms with van der Waals surface area (Å²) in [5, 5.41) is 13.8. The summed E-state index contributed by atoms with van der Waals surface area (Å²) in [4.78, 5) is 26.2. The van der Waals surface area contributed by atoms with Crippen molar-refractivity contribution in [1.82, 2.24) is 10.2 Å². The van der Waals surface area contributed by atoms with E-state index in [0.717, 1.165) is 19.4 Å². The fourth-order valence-electron chi connectivity index (χ4n) is 2.38. The summed E-state index contributed by atoms with van der Waals surface area (Å²) in [5.74, 6) is 0.128. The van der Waals surface area contributed by atoms with Gasteiger partial charge in [0.15, 0.2) is 0 Å². The first-order chi connectivity index (χ1) is 9.70. The van der Waals surface area contributed by atoms with Crippen molar-refractivity contribution in [3.8, 4) is 0 Å². The Morgan fingerprint density at radius 2 is 2.35 bits per heavy atom. The standard InChI is InChI=1S/C14H20N2O3S/c17-10-11-3-1-7-16(9-11)13(18)5-6-15-14(19)12-4-2-8-20-12/h2,4,8,11,17H,1,3,5-7,9-10H2,(H,15,19). The summed E-state index contributed by atoms with van der Waals surface area (Å²) in [6, 6.07) is 3.59. The maximum Gasteiger partial charge on any atom is 0.261 e. The van der Waals surface area contributed by atoms with Crippen LogP contribution in [0.3, 0.4) is 0 Å². The first kappa shape index (κ1) is 15.0. The zero-order valence-electron chi connectivity index (χ0n) is 11.4. The molecule has 0 bridgehead atoms. The van der Waals surface area contributed by atoms with Crippen LogP contribution >= 0.6 is 11.3 Å². The molecule has 0 saturated carbocycles. The Hall–Kier alpha value is -1.40. The van der Waals surface area contributed by atoms with E-state index < -0.39 is 0 Å². The number of hydrogen-bond donors (Lipinski definition) is 2. The molecule has 1 aromatic rings. The smallest absolute Gasteiger partial charge is 0.261 e. The number of aliphatic hydroxyl groups is 1. The molecule has 1 aliphatic heterocycles. The van der Waals surface area contributed by atoms with Crippen molar-refractivity contribution in [3.05, 3.63) is 22.4 Å². The zero-order chi connectivity index (χ0) is 14.4. The predicted octanol–water partition coefficient (Wildman–Crippen LogP) is 1.10. The fraction of sp³-hybridized carbons (Fsp3) is 0.571. The van der Waals surface area contributed by atoms with Crippen LogP contribution in [0.25, 0.3) is 0 Å². The molecule has 2 amide bonds. The van der Waals surface area contributed by atoms with Gasteiger partial charge in [0.1, 0.15) is 0 Å². The van der Waals surface area contributed by atoms with Crippen LogP contribution in [-0.2, 0) is 4.79 Å². The minimum Gasteiger partial charge on any atom is -0.396 e. The molecule has 1 unspecified atom stereocenters. The number of aliphatic hydroxyl groups excluding tert-OH is 1. The minimum atomic E-state index is -0.125. The van der Waals surface area contributed by atoms with E-state index in [0.29, 0.717) is 24.4 Å². The molecule has 6 heteroatoms. The Bertz CT molecular complexity index is 447. The highest BCUT2D eigenvalue weighted by molar-refractivity contribution is 7.12. The number of carbonyl (C=O) groups is 2. The number of nitrogens with zero attached hydrogens (tertiary/aromatic N) is 1. The van der Waals surface area contributed by atoms with Gasteiger partial charge in [-0.25, -0.2) is 0 Å². The van der Waals surface area contributed by atoms with E-state index in [1.165, 1.54) is 11.3 Å². The predicted molar refractivity (Wildman–Crippen MR) is 77.7 cm³/mol. The molecule has 1 fully saturated rings. The van der Waals surface area contributed by atoms with Crippen LogP contribution in [-0.4, -0.2) is 48.1 Å². The van der Waals surface area contributed by atoms with Crippen LogP contribution in [0, 0.1) is 5.92 Å². The van der Waals surface area contributed by atoms with Crippen molar-refractivity contribution in [3.63, 3.8) is 0 Å². The maximum atomic E-state index is 12.0. The van der Waals surface area contributed by atoms with Crippen molar-refractivity contribution in [1.29, 1.82) is 0 Å². The third-order valence-corrected chi connectivity index (χ3v) is 4.37. The molecule has 1 aliphatic rings. The first-order valence-corrected chi connectivity index (χ1v) is 7.79. The van der Waals surface area contributed by atoms with Gasteiger partial charge in [0.05, 0.1) is 4.88 Å². The Balaban J connectivity index is 1.71. The van der Waals surface area contributed by atoms with Crippen molar-refractivity contribution in [2.24, 2.45) is 5.92 Å². The van der Waals surface area contributed by atoms with Gasteiger partial charge in [-0.1, -0.05) is 6.07 Å². The molecule has 0 aliphatic carbocycles. The van der Waals surface area contributed by atoms with Gasteiger partial charge in [-0.3, -0.25) is 9.59 Å². The molecule has 2 rings (SSSR count). The van der Waals surface area contributed by atoms with Crippen LogP contribution in [0.2, 0.25) is 0 Å². The van der Waals surface area contributed by atoms with Crippen LogP contribution in [0.15, 0.2) is 17.5 Å². The maximum absolute atomic E-state index is 12.0. The van der Waals surface area contributed by atoms with Gasteiger partial charge in [-0.2, -0.15) is 0 Å². The van der Waals surface area contributed by atoms with Gasteiger partial charge in [0.2, 0.25) is 5.91 Å². The van der Waals surface area contributed by atoms with Gasteiger partial charge in [-0.15, -0.1) is 11.3 Å². The molecule has 0 aromatic carbocycles. The number of rotatable bonds is 5. The van der Waals surface area contributed by atoms with Gasteiger partial charge in [0.25, 0.3) is 5.91 Å². The molecule has 1 aromatic heterocycles. The Morgan fingerprint density at radius 1 is 1.50 bits per heavy atom. The highest BCUT2D eigenvalue weighted by Gasteiger charge is 2.22. The average Bonchev–Trinajstić information content (AvgIpc) is 3.01. The van der Waals surface area contributed by atoms with Crippen molar-refractivity contribution >= 4 is 23.2 Å². The molecule has 1 atom stereocenters. The molecule has 2 N–H and O–H groups in total. The molecule has 0 radical (unpaired) electrons. The summed E-state index contributed by atoms with van der Waals surface area (Å²) in [7, 11) is 0. The van der Waals surface area contributed by atoms with Gasteiger partial charge in [0, 0.05) is 32.7 Å². The number of piperidine rings is 1. The lowest BCUT2D eigenvalue weighted by atomic mass is 9.99. The summed E-state index contributed by atoms with van der Waals surface area (Å²) in [6.07, 6.45) is 2.24. The molecule has 1 saturated heterocycles. The van der Waals surface area contributed by atoms with Gasteiger partial charge >= 0.3 is 0 Å². The van der Waals surface area contributed by atoms with Gasteiger partial charge < -0.3 is 15.3 Å². The molecule has 20 heavy (non-hydrogen) atoms. The second-order valence-electron chi connectivity index (χ2n) is 5.01. The Morgan fingerprint density at radius 3 is 3.05 bits per heavy atom. The van der Waals surface area contributed by atoms with Crippen LogP contribution in [0.5, 0.6) is 0 Å². The highest BCUT2D eigenvalue weighted by Crippen LogP contribution is 2.16. The first-order valence-electron chi connectivity index (χ1n) is 6.91. The monoisotopic (exact) mass is 296 g/mol. The second-order valence-corrected chi connectivity index (χ2v) is 5.96. The molecule has 110 valence electrons. The molecular weight excluding hydrogens is 276 g/mol. The van der Waals surface area contributed by atoms with E-state index in [-0.39, 0.29) is 24.3 Å². The van der Waals surface area contributed by atoms with Gasteiger partial charge in [-0.05, 0) is 30.2 Å². The lowest BCUT2D eigenvalue weighted by Crippen LogP contribution is -2.42. The molecule has 2 heterocycles. The largest absolute Gasteiger partial charge is 0.396 e. The van der Waals surface area contributed by atoms with Crippen molar-refractivity contribution in [2.45, 2.75) is 19.3 Å². The Kier molecular flexibility index (Phi) is 5.55. The lowest BCUT2D eigenvalue weighted by Gasteiger charge is -2.31. The fourth-order valence-corrected chi connectivity index (χ4v) is 3.02. The summed E-state index contributed by atoms with van der Waals surface area (Å²) in [5.41, 5.74) is 0. The third kappa shape index (κ3) is 4.05. The van der Waals surface area contributed by atoms with Crippen LogP contribution in [0.4, 0.5) is 0 Å². The number of hydrogen-bond acceptors (Lipinski definition) is 4. The normalized spacial score (nSPS) is 18.9. The SMILES string of the molecule is O=C(NCCC(=O)N1CCCC(CO)C1)c1cccs1. The number of likely N-dealkylation sites (tertiary alicyclic amines) is 1. The summed E-state index contributed by atoms with van der Waals surface area (Å²) < 4.78 is 0. The van der Waals surface area contributed by atoms with Crippen LogP contribution in [0.1, 0.15) is 28.9 Å². The topological polar surface area (TPSA) is 69.6 Å². The van der Waals surface area contributed by atoms with Crippen molar-refractivity contribution in [2.75, 3.05) is 26.2 Å².